The molecule has 5 aliphatic rings. The van der Waals surface area contributed by atoms with Crippen molar-refractivity contribution in [2.75, 3.05) is 7.05 Å². The van der Waals surface area contributed by atoms with Crippen molar-refractivity contribution < 1.29 is 18.8 Å². The zero-order chi connectivity index (χ0) is 23.7. The van der Waals surface area contributed by atoms with E-state index in [1.807, 2.05) is 19.2 Å². The molecule has 7 rings (SSSR count). The van der Waals surface area contributed by atoms with Gasteiger partial charge in [0.2, 0.25) is 0 Å². The first-order valence-corrected chi connectivity index (χ1v) is 12.2. The summed E-state index contributed by atoms with van der Waals surface area (Å²) in [4.78, 5) is 15.0. The molecule has 2 amide bonds. The normalized spacial score (nSPS) is 31.5. The Labute approximate surface area is 200 Å². The fourth-order valence-electron chi connectivity index (χ4n) is 6.65. The molecule has 6 nitrogen and oxygen atoms in total. The van der Waals surface area contributed by atoms with Gasteiger partial charge in [-0.05, 0) is 68.8 Å². The standard InChI is InChI=1S/C27H29BN2O4/c1-24(2)25(3,4)34-28(33-24)17-10-11-21-20(14-17)27-22(30(5)23(31)29-27)19-15-26(27,32-21)13-12-16-8-6-7-9-18(16)19/h6-11,14H,12-13,15H2,1-5H3,(H,29,31). The number of fused-ring (bicyclic) bond motifs is 4. The fourth-order valence-corrected chi connectivity index (χ4v) is 6.65. The highest BCUT2D eigenvalue weighted by atomic mass is 16.7. The third kappa shape index (κ3) is 2.23. The second-order valence-electron chi connectivity index (χ2n) is 11.3. The first-order valence-electron chi connectivity index (χ1n) is 12.2. The number of rotatable bonds is 1. The minimum absolute atomic E-state index is 0.0894. The van der Waals surface area contributed by atoms with Crippen molar-refractivity contribution in [2.24, 2.45) is 0 Å². The third-order valence-corrected chi connectivity index (χ3v) is 9.10. The van der Waals surface area contributed by atoms with Crippen LogP contribution in [0, 0.1) is 0 Å². The smallest absolute Gasteiger partial charge is 0.483 e. The van der Waals surface area contributed by atoms with Crippen LogP contribution in [0.4, 0.5) is 4.79 Å². The predicted octanol–water partition coefficient (Wildman–Crippen LogP) is 3.73. The Bertz CT molecular complexity index is 1300. The second kappa shape index (κ2) is 6.07. The van der Waals surface area contributed by atoms with Crippen LogP contribution in [0.1, 0.15) is 57.2 Å². The Morgan fingerprint density at radius 2 is 1.76 bits per heavy atom. The largest absolute Gasteiger partial charge is 0.494 e. The first-order chi connectivity index (χ1) is 16.1. The molecular weight excluding hydrogens is 427 g/mol. The molecule has 2 bridgehead atoms. The van der Waals surface area contributed by atoms with Crippen LogP contribution >= 0.6 is 0 Å². The minimum atomic E-state index is -0.712. The van der Waals surface area contributed by atoms with Gasteiger partial charge in [0.05, 0.1) is 16.9 Å². The molecule has 2 atom stereocenters. The van der Waals surface area contributed by atoms with Crippen LogP contribution in [-0.4, -0.2) is 41.9 Å². The molecule has 0 aromatic heterocycles. The number of likely N-dealkylation sites (N-methyl/N-ethyl adjacent to an activating group) is 1. The van der Waals surface area contributed by atoms with Gasteiger partial charge in [-0.1, -0.05) is 36.4 Å². The predicted molar refractivity (Wildman–Crippen MR) is 130 cm³/mol. The second-order valence-corrected chi connectivity index (χ2v) is 11.3. The van der Waals surface area contributed by atoms with E-state index in [0.717, 1.165) is 41.7 Å². The lowest BCUT2D eigenvalue weighted by Gasteiger charge is -2.38. The average Bonchev–Trinajstić information content (AvgIpc) is 3.33. The molecule has 2 saturated heterocycles. The molecule has 2 aromatic rings. The van der Waals surface area contributed by atoms with Crippen molar-refractivity contribution in [2.45, 2.75) is 69.3 Å². The van der Waals surface area contributed by atoms with Crippen LogP contribution in [0.25, 0.3) is 5.57 Å². The Kier molecular flexibility index (Phi) is 3.68. The number of urea groups is 1. The number of hydrogen-bond acceptors (Lipinski definition) is 4. The number of nitrogens with one attached hydrogen (secondary N) is 1. The number of amides is 2. The van der Waals surface area contributed by atoms with Crippen LogP contribution in [0.15, 0.2) is 48.2 Å². The Balaban J connectivity index is 1.43. The van der Waals surface area contributed by atoms with Crippen LogP contribution < -0.4 is 15.5 Å². The average molecular weight is 456 g/mol. The Morgan fingerprint density at radius 3 is 2.53 bits per heavy atom. The van der Waals surface area contributed by atoms with Gasteiger partial charge in [-0.2, -0.15) is 0 Å². The third-order valence-electron chi connectivity index (χ3n) is 9.10. The molecule has 3 heterocycles. The van der Waals surface area contributed by atoms with Gasteiger partial charge in [0, 0.05) is 19.0 Å². The molecule has 3 aliphatic heterocycles. The summed E-state index contributed by atoms with van der Waals surface area (Å²) in [6, 6.07) is 14.7. The zero-order valence-electron chi connectivity index (χ0n) is 20.3. The zero-order valence-corrected chi connectivity index (χ0v) is 20.3. The van der Waals surface area contributed by atoms with E-state index in [0.29, 0.717) is 0 Å². The summed E-state index contributed by atoms with van der Waals surface area (Å²) in [5, 5.41) is 3.39. The molecule has 7 heteroatoms. The molecule has 2 fully saturated rings. The van der Waals surface area contributed by atoms with Gasteiger partial charge in [0.25, 0.3) is 0 Å². The fraction of sp³-hybridized carbons (Fsp3) is 0.444. The maximum absolute atomic E-state index is 13.2. The topological polar surface area (TPSA) is 60.0 Å². The van der Waals surface area contributed by atoms with Gasteiger partial charge in [-0.3, -0.25) is 4.90 Å². The summed E-state index contributed by atoms with van der Waals surface area (Å²) in [7, 11) is 1.40. The van der Waals surface area contributed by atoms with E-state index in [4.69, 9.17) is 14.0 Å². The van der Waals surface area contributed by atoms with Gasteiger partial charge in [0.1, 0.15) is 11.4 Å². The van der Waals surface area contributed by atoms with Gasteiger partial charge < -0.3 is 19.4 Å². The van der Waals surface area contributed by atoms with Gasteiger partial charge in [-0.25, -0.2) is 4.79 Å². The quantitative estimate of drug-likeness (QED) is 0.665. The maximum Gasteiger partial charge on any atom is 0.494 e. The molecule has 174 valence electrons. The summed E-state index contributed by atoms with van der Waals surface area (Å²) >= 11 is 0. The SMILES string of the molecule is CN1C(=O)NC23C1=C1CC2(CCc2ccccc21)Oc1ccc(B2OC(C)(C)C(C)(C)O2)cc13. The summed E-state index contributed by atoms with van der Waals surface area (Å²) in [6.07, 6.45) is 2.50. The van der Waals surface area contributed by atoms with Gasteiger partial charge in [-0.15, -0.1) is 0 Å². The molecule has 0 radical (unpaired) electrons. The lowest BCUT2D eigenvalue weighted by Crippen LogP contribution is -2.56. The van der Waals surface area contributed by atoms with Crippen molar-refractivity contribution in [3.8, 4) is 5.75 Å². The lowest BCUT2D eigenvalue weighted by atomic mass is 9.71. The van der Waals surface area contributed by atoms with Crippen molar-refractivity contribution >= 4 is 24.2 Å². The molecule has 2 aromatic carbocycles. The van der Waals surface area contributed by atoms with E-state index in [1.54, 1.807) is 4.90 Å². The highest BCUT2D eigenvalue weighted by Gasteiger charge is 2.72. The van der Waals surface area contributed by atoms with E-state index >= 15 is 0 Å². The number of nitrogens with zero attached hydrogens (tertiary/aromatic N) is 1. The molecule has 2 spiro atoms. The van der Waals surface area contributed by atoms with Crippen molar-refractivity contribution in [1.82, 2.24) is 10.2 Å². The number of ether oxygens (including phenoxy) is 1. The molecule has 1 N–H and O–H groups in total. The van der Waals surface area contributed by atoms with E-state index in [1.165, 1.54) is 16.7 Å². The number of benzene rings is 2. The minimum Gasteiger partial charge on any atom is -0.483 e. The van der Waals surface area contributed by atoms with Crippen LogP contribution in [0.5, 0.6) is 5.75 Å². The molecule has 2 unspecified atom stereocenters. The van der Waals surface area contributed by atoms with Crippen LogP contribution in [-0.2, 0) is 21.3 Å². The van der Waals surface area contributed by atoms with Crippen LogP contribution in [0.3, 0.4) is 0 Å². The summed E-state index contributed by atoms with van der Waals surface area (Å²) in [5.41, 5.74) is 4.63. The van der Waals surface area contributed by atoms with E-state index in [-0.39, 0.29) is 6.03 Å². The first kappa shape index (κ1) is 20.6. The summed E-state index contributed by atoms with van der Waals surface area (Å²) in [5.74, 6) is 0.832. The number of carbonyl (C=O) groups is 1. The molecule has 34 heavy (non-hydrogen) atoms. The summed E-state index contributed by atoms with van der Waals surface area (Å²) < 4.78 is 19.5. The monoisotopic (exact) mass is 456 g/mol. The molecule has 2 aliphatic carbocycles. The molecular formula is C27H29BN2O4. The maximum atomic E-state index is 13.2. The summed E-state index contributed by atoms with van der Waals surface area (Å²) in [6.45, 7) is 8.25. The van der Waals surface area contributed by atoms with E-state index in [9.17, 15) is 4.79 Å². The number of carbonyl (C=O) groups excluding carboxylic acids is 1. The van der Waals surface area contributed by atoms with E-state index < -0.39 is 29.5 Å². The number of aryl methyl sites for hydroxylation is 1. The highest BCUT2D eigenvalue weighted by molar-refractivity contribution is 6.62. The Hall–Kier alpha value is -2.77. The highest BCUT2D eigenvalue weighted by Crippen LogP contribution is 2.65. The van der Waals surface area contributed by atoms with Crippen molar-refractivity contribution in [3.05, 3.63) is 64.9 Å². The Morgan fingerprint density at radius 1 is 1.03 bits per heavy atom. The van der Waals surface area contributed by atoms with E-state index in [2.05, 4.69) is 63.3 Å². The van der Waals surface area contributed by atoms with Crippen molar-refractivity contribution in [3.63, 3.8) is 0 Å². The number of hydrogen-bond donors (Lipinski definition) is 1. The van der Waals surface area contributed by atoms with Gasteiger partial charge in [0.15, 0.2) is 5.54 Å². The van der Waals surface area contributed by atoms with Crippen molar-refractivity contribution in [1.29, 1.82) is 0 Å². The van der Waals surface area contributed by atoms with Gasteiger partial charge >= 0.3 is 13.1 Å². The van der Waals surface area contributed by atoms with Crippen LogP contribution in [0.2, 0.25) is 0 Å². The lowest BCUT2D eigenvalue weighted by molar-refractivity contribution is 0.00578. The molecule has 0 saturated carbocycles.